The Morgan fingerprint density at radius 3 is 2.48 bits per heavy atom. The Kier molecular flexibility index (Phi) is 5.16. The van der Waals surface area contributed by atoms with Crippen molar-refractivity contribution in [3.05, 3.63) is 82.4 Å². The van der Waals surface area contributed by atoms with Crippen LogP contribution in [0.4, 0.5) is 11.4 Å². The lowest BCUT2D eigenvalue weighted by Gasteiger charge is -2.21. The first-order valence-electron chi connectivity index (χ1n) is 9.86. The molecule has 0 amide bonds. The number of hydrogen-bond acceptors (Lipinski definition) is 6. The predicted molar refractivity (Wildman–Crippen MR) is 116 cm³/mol. The first-order chi connectivity index (χ1) is 14.1. The summed E-state index contributed by atoms with van der Waals surface area (Å²) < 4.78 is 5.59. The van der Waals surface area contributed by atoms with E-state index in [1.165, 1.54) is 10.6 Å². The molecule has 3 aromatic rings. The van der Waals surface area contributed by atoms with Crippen LogP contribution in [0.25, 0.3) is 11.0 Å². The molecule has 0 radical (unpaired) electrons. The van der Waals surface area contributed by atoms with Crippen LogP contribution in [0.3, 0.4) is 0 Å². The molecular weight excluding hydrogens is 364 g/mol. The predicted octanol–water partition coefficient (Wildman–Crippen LogP) is 5.39. The molecule has 2 aromatic carbocycles. The molecule has 0 saturated carbocycles. The van der Waals surface area contributed by atoms with Gasteiger partial charge in [-0.1, -0.05) is 35.1 Å². The third-order valence-electron chi connectivity index (χ3n) is 5.18. The number of benzene rings is 2. The van der Waals surface area contributed by atoms with Crippen molar-refractivity contribution in [1.82, 2.24) is 0 Å². The molecule has 0 bridgehead atoms. The van der Waals surface area contributed by atoms with Crippen LogP contribution in [0.2, 0.25) is 0 Å². The van der Waals surface area contributed by atoms with Gasteiger partial charge in [0, 0.05) is 36.4 Å². The van der Waals surface area contributed by atoms with Gasteiger partial charge in [0.05, 0.1) is 0 Å². The Bertz CT molecular complexity index is 1110. The van der Waals surface area contributed by atoms with Crippen LogP contribution in [-0.2, 0) is 0 Å². The summed E-state index contributed by atoms with van der Waals surface area (Å²) in [6.07, 6.45) is 3.69. The van der Waals surface area contributed by atoms with Gasteiger partial charge in [-0.15, -0.1) is 0 Å². The monoisotopic (exact) mass is 388 g/mol. The minimum Gasteiger partial charge on any atom is -0.421 e. The van der Waals surface area contributed by atoms with Crippen molar-refractivity contribution in [3.8, 4) is 0 Å². The molecule has 2 heterocycles. The van der Waals surface area contributed by atoms with Gasteiger partial charge in [0.1, 0.15) is 11.6 Å². The van der Waals surface area contributed by atoms with Crippen molar-refractivity contribution >= 4 is 22.3 Å². The molecule has 0 aliphatic carbocycles. The van der Waals surface area contributed by atoms with E-state index in [0.717, 1.165) is 29.7 Å². The molecule has 6 nitrogen and oxygen atoms in total. The Balaban J connectivity index is 1.61. The zero-order chi connectivity index (χ0) is 20.4. The minimum atomic E-state index is -0.438. The van der Waals surface area contributed by atoms with E-state index < -0.39 is 5.63 Å². The lowest BCUT2D eigenvalue weighted by atomic mass is 10.1. The van der Waals surface area contributed by atoms with Gasteiger partial charge in [-0.2, -0.15) is 5.11 Å². The summed E-state index contributed by atoms with van der Waals surface area (Å²) in [4.78, 5) is 14.8. The normalized spacial score (nSPS) is 15.8. The van der Waals surface area contributed by atoms with Crippen LogP contribution in [0.15, 0.2) is 80.4 Å². The van der Waals surface area contributed by atoms with Crippen LogP contribution in [0.1, 0.15) is 31.0 Å². The maximum atomic E-state index is 12.6. The van der Waals surface area contributed by atoms with Gasteiger partial charge >= 0.3 is 5.63 Å². The van der Waals surface area contributed by atoms with Crippen LogP contribution < -0.4 is 15.5 Å². The lowest BCUT2D eigenvalue weighted by Crippen LogP contribution is -2.21. The summed E-state index contributed by atoms with van der Waals surface area (Å²) in [5.74, 6) is 0. The van der Waals surface area contributed by atoms with Crippen molar-refractivity contribution in [2.45, 2.75) is 26.8 Å². The summed E-state index contributed by atoms with van der Waals surface area (Å²) >= 11 is 0. The molecule has 1 aromatic heterocycles. The fourth-order valence-electron chi connectivity index (χ4n) is 3.45. The highest BCUT2D eigenvalue weighted by Crippen LogP contribution is 2.28. The smallest absolute Gasteiger partial charge is 0.362 e. The van der Waals surface area contributed by atoms with Gasteiger partial charge in [0.25, 0.3) is 0 Å². The second-order valence-corrected chi connectivity index (χ2v) is 7.06. The molecule has 0 fully saturated rings. The van der Waals surface area contributed by atoms with Gasteiger partial charge in [-0.05, 0) is 50.6 Å². The van der Waals surface area contributed by atoms with Gasteiger partial charge in [0.2, 0.25) is 0 Å². The molecule has 1 atom stereocenters. The fourth-order valence-corrected chi connectivity index (χ4v) is 3.45. The second kappa shape index (κ2) is 7.91. The lowest BCUT2D eigenvalue weighted by molar-refractivity contribution is 0.558. The van der Waals surface area contributed by atoms with E-state index in [2.05, 4.69) is 41.2 Å². The number of hydrogen-bond donors (Lipinski definition) is 0. The van der Waals surface area contributed by atoms with E-state index in [1.54, 1.807) is 12.3 Å². The third kappa shape index (κ3) is 3.78. The third-order valence-corrected chi connectivity index (χ3v) is 5.18. The summed E-state index contributed by atoms with van der Waals surface area (Å²) in [7, 11) is 0. The highest BCUT2D eigenvalue weighted by Gasteiger charge is 2.17. The van der Waals surface area contributed by atoms with Crippen molar-refractivity contribution in [2.75, 3.05) is 23.0 Å². The molecule has 0 N–H and O–H groups in total. The molecule has 4 rings (SSSR count). The largest absolute Gasteiger partial charge is 0.421 e. The molecule has 0 spiro atoms. The number of aryl methyl sites for hydroxylation is 1. The molecule has 6 heteroatoms. The number of anilines is 2. The minimum absolute atomic E-state index is 0.157. The standard InChI is InChI=1S/C23H24N4O2/c1-4-26(5-2)19-11-10-18-14-21(23(28)29-22(18)15-19)27-13-12-20(24-25-27)17-8-6-16(3)7-9-17/h6-15,20H,4-5H2,1-3H3. The highest BCUT2D eigenvalue weighted by atomic mass is 16.4. The zero-order valence-corrected chi connectivity index (χ0v) is 16.9. The second-order valence-electron chi connectivity index (χ2n) is 7.06. The first-order valence-corrected chi connectivity index (χ1v) is 9.86. The Labute approximate surface area is 169 Å². The number of fused-ring (bicyclic) bond motifs is 1. The SMILES string of the molecule is CCN(CC)c1ccc2cc(N3C=CC(c4ccc(C)cc4)N=N3)c(=O)oc2c1. The van der Waals surface area contributed by atoms with E-state index in [0.29, 0.717) is 11.3 Å². The van der Waals surface area contributed by atoms with Gasteiger partial charge in [0.15, 0.2) is 5.69 Å². The summed E-state index contributed by atoms with van der Waals surface area (Å²) in [5.41, 5.74) is 3.77. The molecule has 1 aliphatic heterocycles. The molecular formula is C23H24N4O2. The molecule has 1 aliphatic rings. The summed E-state index contributed by atoms with van der Waals surface area (Å²) in [6, 6.07) is 15.7. The highest BCUT2D eigenvalue weighted by molar-refractivity contribution is 5.83. The number of nitrogens with zero attached hydrogens (tertiary/aromatic N) is 4. The average molecular weight is 388 g/mol. The topological polar surface area (TPSA) is 61.4 Å². The Morgan fingerprint density at radius 2 is 1.83 bits per heavy atom. The molecule has 0 saturated heterocycles. The van der Waals surface area contributed by atoms with Gasteiger partial charge < -0.3 is 9.32 Å². The van der Waals surface area contributed by atoms with E-state index in [9.17, 15) is 4.79 Å². The quantitative estimate of drug-likeness (QED) is 0.550. The van der Waals surface area contributed by atoms with Crippen LogP contribution in [0.5, 0.6) is 0 Å². The van der Waals surface area contributed by atoms with E-state index in [1.807, 2.05) is 43.3 Å². The van der Waals surface area contributed by atoms with E-state index in [4.69, 9.17) is 4.42 Å². The molecule has 1 unspecified atom stereocenters. The molecule has 29 heavy (non-hydrogen) atoms. The van der Waals surface area contributed by atoms with Gasteiger partial charge in [-0.3, -0.25) is 0 Å². The van der Waals surface area contributed by atoms with E-state index >= 15 is 0 Å². The molecule has 148 valence electrons. The fraction of sp³-hybridized carbons (Fsp3) is 0.261. The Morgan fingerprint density at radius 1 is 1.07 bits per heavy atom. The summed E-state index contributed by atoms with van der Waals surface area (Å²) in [5, 5.41) is 10.9. The Hall–Kier alpha value is -3.41. The average Bonchev–Trinajstić information content (AvgIpc) is 2.75. The first kappa shape index (κ1) is 18.9. The van der Waals surface area contributed by atoms with E-state index in [-0.39, 0.29) is 6.04 Å². The van der Waals surface area contributed by atoms with Crippen molar-refractivity contribution in [1.29, 1.82) is 0 Å². The summed E-state index contributed by atoms with van der Waals surface area (Å²) in [6.45, 7) is 8.04. The van der Waals surface area contributed by atoms with Crippen LogP contribution >= 0.6 is 0 Å². The maximum Gasteiger partial charge on any atom is 0.362 e. The van der Waals surface area contributed by atoms with Crippen LogP contribution in [-0.4, -0.2) is 13.1 Å². The van der Waals surface area contributed by atoms with Crippen molar-refractivity contribution < 1.29 is 4.42 Å². The zero-order valence-electron chi connectivity index (χ0n) is 16.9. The van der Waals surface area contributed by atoms with Crippen molar-refractivity contribution in [2.24, 2.45) is 10.3 Å². The van der Waals surface area contributed by atoms with Gasteiger partial charge in [-0.25, -0.2) is 9.80 Å². The van der Waals surface area contributed by atoms with Crippen LogP contribution in [0, 0.1) is 6.92 Å². The van der Waals surface area contributed by atoms with Crippen molar-refractivity contribution in [3.63, 3.8) is 0 Å². The maximum absolute atomic E-state index is 12.6. The number of rotatable bonds is 5.